The van der Waals surface area contributed by atoms with Crippen LogP contribution in [0.25, 0.3) is 0 Å². The standard InChI is InChI=1S/C18H16BrNO/c19-16-7-5-14(6-8-16)17(21)18(12-20)10-9-13-3-1-2-4-15(13)11-18/h1-8,17,21H,9-11H2. The van der Waals surface area contributed by atoms with E-state index in [0.29, 0.717) is 12.8 Å². The molecule has 106 valence electrons. The summed E-state index contributed by atoms with van der Waals surface area (Å²) in [6, 6.07) is 18.2. The number of fused-ring (bicyclic) bond motifs is 1. The van der Waals surface area contributed by atoms with Crippen LogP contribution in [0, 0.1) is 16.7 Å². The Hall–Kier alpha value is -1.63. The minimum absolute atomic E-state index is 0.608. The first kappa shape index (κ1) is 14.3. The molecular weight excluding hydrogens is 326 g/mol. The summed E-state index contributed by atoms with van der Waals surface area (Å²) in [4.78, 5) is 0. The number of nitrogens with zero attached hydrogens (tertiary/aromatic N) is 1. The van der Waals surface area contributed by atoms with Gasteiger partial charge in [-0.3, -0.25) is 0 Å². The summed E-state index contributed by atoms with van der Waals surface area (Å²) in [7, 11) is 0. The Kier molecular flexibility index (Phi) is 3.84. The SMILES string of the molecule is N#CC1(C(O)c2ccc(Br)cc2)CCc2ccccc2C1. The van der Waals surface area contributed by atoms with Gasteiger partial charge >= 0.3 is 0 Å². The van der Waals surface area contributed by atoms with Crippen molar-refractivity contribution in [2.45, 2.75) is 25.4 Å². The summed E-state index contributed by atoms with van der Waals surface area (Å²) in [6.07, 6.45) is 1.38. The molecule has 0 amide bonds. The van der Waals surface area contributed by atoms with Gasteiger partial charge in [-0.2, -0.15) is 5.26 Å². The molecule has 3 heteroatoms. The molecule has 0 saturated heterocycles. The Morgan fingerprint density at radius 3 is 2.43 bits per heavy atom. The molecule has 1 aliphatic rings. The minimum atomic E-state index is -0.760. The van der Waals surface area contributed by atoms with Crippen molar-refractivity contribution in [2.24, 2.45) is 5.41 Å². The summed E-state index contributed by atoms with van der Waals surface area (Å²) >= 11 is 3.40. The van der Waals surface area contributed by atoms with Crippen LogP contribution in [0.1, 0.15) is 29.2 Å². The molecule has 0 spiro atoms. The van der Waals surface area contributed by atoms with Gasteiger partial charge in [-0.15, -0.1) is 0 Å². The summed E-state index contributed by atoms with van der Waals surface area (Å²) in [6.45, 7) is 0. The van der Waals surface area contributed by atoms with Crippen molar-refractivity contribution >= 4 is 15.9 Å². The Balaban J connectivity index is 1.95. The van der Waals surface area contributed by atoms with Crippen LogP contribution in [0.5, 0.6) is 0 Å². The maximum atomic E-state index is 10.8. The van der Waals surface area contributed by atoms with Crippen LogP contribution >= 0.6 is 15.9 Å². The van der Waals surface area contributed by atoms with Crippen LogP contribution in [-0.4, -0.2) is 5.11 Å². The van der Waals surface area contributed by atoms with Crippen LogP contribution in [-0.2, 0) is 12.8 Å². The largest absolute Gasteiger partial charge is 0.387 e. The van der Waals surface area contributed by atoms with E-state index in [0.717, 1.165) is 16.5 Å². The molecule has 0 heterocycles. The zero-order chi connectivity index (χ0) is 14.9. The first-order valence-corrected chi connectivity index (χ1v) is 7.85. The van der Waals surface area contributed by atoms with Gasteiger partial charge in [-0.05, 0) is 48.1 Å². The lowest BCUT2D eigenvalue weighted by Gasteiger charge is -2.36. The summed E-state index contributed by atoms with van der Waals surface area (Å²) in [5, 5.41) is 20.5. The van der Waals surface area contributed by atoms with E-state index in [4.69, 9.17) is 0 Å². The van der Waals surface area contributed by atoms with Gasteiger partial charge in [-0.25, -0.2) is 0 Å². The normalized spacial score (nSPS) is 22.1. The van der Waals surface area contributed by atoms with Crippen LogP contribution in [0.4, 0.5) is 0 Å². The lowest BCUT2D eigenvalue weighted by molar-refractivity contribution is 0.0526. The Labute approximate surface area is 133 Å². The van der Waals surface area contributed by atoms with E-state index in [1.54, 1.807) is 0 Å². The summed E-state index contributed by atoms with van der Waals surface area (Å²) in [5.41, 5.74) is 2.55. The van der Waals surface area contributed by atoms with Crippen molar-refractivity contribution in [1.82, 2.24) is 0 Å². The fraction of sp³-hybridized carbons (Fsp3) is 0.278. The highest BCUT2D eigenvalue weighted by atomic mass is 79.9. The van der Waals surface area contributed by atoms with E-state index in [-0.39, 0.29) is 0 Å². The molecule has 1 aliphatic carbocycles. The van der Waals surface area contributed by atoms with Crippen LogP contribution in [0.2, 0.25) is 0 Å². The van der Waals surface area contributed by atoms with Crippen molar-refractivity contribution in [3.8, 4) is 6.07 Å². The number of rotatable bonds is 2. The van der Waals surface area contributed by atoms with Crippen LogP contribution < -0.4 is 0 Å². The Morgan fingerprint density at radius 1 is 1.10 bits per heavy atom. The number of hydrogen-bond acceptors (Lipinski definition) is 2. The predicted octanol–water partition coefficient (Wildman–Crippen LogP) is 4.18. The van der Waals surface area contributed by atoms with Crippen LogP contribution in [0.3, 0.4) is 0 Å². The maximum absolute atomic E-state index is 10.8. The number of nitriles is 1. The zero-order valence-corrected chi connectivity index (χ0v) is 13.2. The molecule has 0 saturated carbocycles. The third kappa shape index (κ3) is 2.62. The molecule has 2 nitrogen and oxygen atoms in total. The van der Waals surface area contributed by atoms with Gasteiger partial charge in [0, 0.05) is 4.47 Å². The van der Waals surface area contributed by atoms with Crippen LogP contribution in [0.15, 0.2) is 53.0 Å². The van der Waals surface area contributed by atoms with E-state index in [1.165, 1.54) is 11.1 Å². The van der Waals surface area contributed by atoms with Gasteiger partial charge in [0.05, 0.1) is 17.6 Å². The highest BCUT2D eigenvalue weighted by Gasteiger charge is 2.41. The lowest BCUT2D eigenvalue weighted by atomic mass is 9.67. The fourth-order valence-corrected chi connectivity index (χ4v) is 3.38. The second-order valence-electron chi connectivity index (χ2n) is 5.67. The number of benzene rings is 2. The number of hydrogen-bond donors (Lipinski definition) is 1. The summed E-state index contributed by atoms with van der Waals surface area (Å²) in [5.74, 6) is 0. The molecule has 0 fully saturated rings. The number of aryl methyl sites for hydroxylation is 1. The third-order valence-corrected chi connectivity index (χ3v) is 4.93. The molecular formula is C18H16BrNO. The maximum Gasteiger partial charge on any atom is 0.0979 e. The van der Waals surface area contributed by atoms with E-state index in [1.807, 2.05) is 36.4 Å². The van der Waals surface area contributed by atoms with Crippen molar-refractivity contribution in [1.29, 1.82) is 5.26 Å². The summed E-state index contributed by atoms with van der Waals surface area (Å²) < 4.78 is 0.971. The monoisotopic (exact) mass is 341 g/mol. The van der Waals surface area contributed by atoms with Crippen molar-refractivity contribution in [3.05, 3.63) is 69.7 Å². The van der Waals surface area contributed by atoms with E-state index < -0.39 is 11.5 Å². The quantitative estimate of drug-likeness (QED) is 0.890. The second kappa shape index (κ2) is 5.63. The second-order valence-corrected chi connectivity index (χ2v) is 6.58. The first-order chi connectivity index (χ1) is 10.1. The molecule has 2 atom stereocenters. The Morgan fingerprint density at radius 2 is 1.76 bits per heavy atom. The number of aliphatic hydroxyl groups is 1. The fourth-order valence-electron chi connectivity index (χ4n) is 3.11. The van der Waals surface area contributed by atoms with Gasteiger partial charge in [0.1, 0.15) is 0 Å². The molecule has 3 rings (SSSR count). The van der Waals surface area contributed by atoms with Gasteiger partial charge in [0.2, 0.25) is 0 Å². The molecule has 0 aromatic heterocycles. The topological polar surface area (TPSA) is 44.0 Å². The molecule has 0 bridgehead atoms. The molecule has 2 aromatic rings. The average molecular weight is 342 g/mol. The first-order valence-electron chi connectivity index (χ1n) is 7.06. The van der Waals surface area contributed by atoms with Crippen molar-refractivity contribution in [2.75, 3.05) is 0 Å². The van der Waals surface area contributed by atoms with Crippen molar-refractivity contribution in [3.63, 3.8) is 0 Å². The molecule has 0 radical (unpaired) electrons. The number of aliphatic hydroxyl groups excluding tert-OH is 1. The van der Waals surface area contributed by atoms with Gasteiger partial charge in [0.25, 0.3) is 0 Å². The van der Waals surface area contributed by atoms with Gasteiger partial charge in [-0.1, -0.05) is 52.3 Å². The molecule has 2 unspecified atom stereocenters. The molecule has 0 aliphatic heterocycles. The predicted molar refractivity (Wildman–Crippen MR) is 85.6 cm³/mol. The van der Waals surface area contributed by atoms with Gasteiger partial charge < -0.3 is 5.11 Å². The highest BCUT2D eigenvalue weighted by molar-refractivity contribution is 9.10. The molecule has 2 aromatic carbocycles. The number of halogens is 1. The van der Waals surface area contributed by atoms with Crippen molar-refractivity contribution < 1.29 is 5.11 Å². The highest BCUT2D eigenvalue weighted by Crippen LogP contribution is 2.44. The zero-order valence-electron chi connectivity index (χ0n) is 11.6. The minimum Gasteiger partial charge on any atom is -0.387 e. The lowest BCUT2D eigenvalue weighted by Crippen LogP contribution is -2.34. The smallest absolute Gasteiger partial charge is 0.0979 e. The molecule has 1 N–H and O–H groups in total. The van der Waals surface area contributed by atoms with E-state index >= 15 is 0 Å². The van der Waals surface area contributed by atoms with E-state index in [9.17, 15) is 10.4 Å². The van der Waals surface area contributed by atoms with Gasteiger partial charge in [0.15, 0.2) is 0 Å². The molecule has 21 heavy (non-hydrogen) atoms. The average Bonchev–Trinajstić information content (AvgIpc) is 2.54. The third-order valence-electron chi connectivity index (χ3n) is 4.40. The van der Waals surface area contributed by atoms with E-state index in [2.05, 4.69) is 34.1 Å². The Bertz CT molecular complexity index is 689.